The van der Waals surface area contributed by atoms with Gasteiger partial charge < -0.3 is 5.32 Å². The highest BCUT2D eigenvalue weighted by atomic mass is 127. The van der Waals surface area contributed by atoms with E-state index in [4.69, 9.17) is 0 Å². The van der Waals surface area contributed by atoms with Gasteiger partial charge in [0.1, 0.15) is 6.04 Å². The summed E-state index contributed by atoms with van der Waals surface area (Å²) < 4.78 is 38.2. The highest BCUT2D eigenvalue weighted by Crippen LogP contribution is 2.26. The third-order valence-corrected chi connectivity index (χ3v) is 3.49. The summed E-state index contributed by atoms with van der Waals surface area (Å²) in [7, 11) is 0. The molecule has 0 heterocycles. The van der Waals surface area contributed by atoms with Crippen LogP contribution in [-0.2, 0) is 5.41 Å². The Morgan fingerprint density at radius 1 is 1.20 bits per heavy atom. The van der Waals surface area contributed by atoms with Gasteiger partial charge in [-0.3, -0.25) is 4.79 Å². The van der Waals surface area contributed by atoms with Gasteiger partial charge in [0, 0.05) is 9.13 Å². The summed E-state index contributed by atoms with van der Waals surface area (Å²) in [4.78, 5) is 11.9. The minimum absolute atomic E-state index is 0.175. The van der Waals surface area contributed by atoms with Crippen LogP contribution >= 0.6 is 22.6 Å². The normalized spacial score (nSPS) is 14.0. The van der Waals surface area contributed by atoms with Gasteiger partial charge in [-0.2, -0.15) is 13.2 Å². The summed E-state index contributed by atoms with van der Waals surface area (Å²) in [6.45, 7) is 6.88. The number of benzene rings is 1. The Balaban J connectivity index is 3.03. The zero-order valence-electron chi connectivity index (χ0n) is 11.7. The summed E-state index contributed by atoms with van der Waals surface area (Å²) >= 11 is 2.05. The quantitative estimate of drug-likeness (QED) is 0.740. The van der Waals surface area contributed by atoms with Crippen molar-refractivity contribution in [2.45, 2.75) is 45.3 Å². The number of nitrogens with one attached hydrogen (secondary N) is 1. The van der Waals surface area contributed by atoms with E-state index in [9.17, 15) is 18.0 Å². The molecule has 0 unspecified atom stereocenters. The van der Waals surface area contributed by atoms with Gasteiger partial charge in [0.2, 0.25) is 0 Å². The first-order chi connectivity index (χ1) is 8.91. The standard InChI is InChI=1S/C14H17F3INO/c1-8(14(15,16)17)19-12(20)9-5-10(13(2,3)4)7-11(18)6-9/h5-8H,1-4H3,(H,19,20)/t8-/m0/s1. The lowest BCUT2D eigenvalue weighted by Gasteiger charge is -2.21. The second kappa shape index (κ2) is 5.91. The Labute approximate surface area is 130 Å². The predicted octanol–water partition coefficient (Wildman–Crippen LogP) is 4.27. The van der Waals surface area contributed by atoms with Gasteiger partial charge in [-0.1, -0.05) is 20.8 Å². The van der Waals surface area contributed by atoms with E-state index in [1.165, 1.54) is 0 Å². The number of hydrogen-bond donors (Lipinski definition) is 1. The van der Waals surface area contributed by atoms with Gasteiger partial charge in [-0.15, -0.1) is 0 Å². The third-order valence-electron chi connectivity index (χ3n) is 2.86. The molecule has 0 aliphatic heterocycles. The summed E-state index contributed by atoms with van der Waals surface area (Å²) in [6.07, 6.45) is -4.44. The topological polar surface area (TPSA) is 29.1 Å². The Kier molecular flexibility index (Phi) is 5.10. The minimum Gasteiger partial charge on any atom is -0.341 e. The molecule has 1 amide bonds. The average Bonchev–Trinajstić information content (AvgIpc) is 2.25. The van der Waals surface area contributed by atoms with Crippen molar-refractivity contribution in [1.82, 2.24) is 5.32 Å². The first kappa shape index (κ1) is 17.3. The second-order valence-electron chi connectivity index (χ2n) is 5.72. The second-order valence-corrected chi connectivity index (χ2v) is 6.96. The molecule has 0 bridgehead atoms. The lowest BCUT2D eigenvalue weighted by molar-refractivity contribution is -0.149. The molecule has 1 aromatic carbocycles. The lowest BCUT2D eigenvalue weighted by atomic mass is 9.86. The number of carbonyl (C=O) groups is 1. The van der Waals surface area contributed by atoms with Crippen LogP contribution in [0.5, 0.6) is 0 Å². The number of hydrogen-bond acceptors (Lipinski definition) is 1. The minimum atomic E-state index is -4.44. The maximum absolute atomic E-state index is 12.5. The fourth-order valence-electron chi connectivity index (χ4n) is 1.52. The molecule has 0 spiro atoms. The molecule has 1 atom stereocenters. The summed E-state index contributed by atoms with van der Waals surface area (Å²) in [5.74, 6) is -0.709. The van der Waals surface area contributed by atoms with Crippen LogP contribution in [0.2, 0.25) is 0 Å². The molecule has 112 valence electrons. The Hall–Kier alpha value is -0.790. The predicted molar refractivity (Wildman–Crippen MR) is 80.8 cm³/mol. The van der Waals surface area contributed by atoms with Gasteiger partial charge in [0.05, 0.1) is 0 Å². The van der Waals surface area contributed by atoms with E-state index in [-0.39, 0.29) is 11.0 Å². The SMILES string of the molecule is C[C@H](NC(=O)c1cc(I)cc(C(C)(C)C)c1)C(F)(F)F. The van der Waals surface area contributed by atoms with Crippen molar-refractivity contribution in [2.24, 2.45) is 0 Å². The van der Waals surface area contributed by atoms with E-state index < -0.39 is 18.1 Å². The molecule has 0 aliphatic rings. The fourth-order valence-corrected chi connectivity index (χ4v) is 2.19. The first-order valence-electron chi connectivity index (χ1n) is 6.10. The van der Waals surface area contributed by atoms with Gasteiger partial charge >= 0.3 is 6.18 Å². The largest absolute Gasteiger partial charge is 0.408 e. The zero-order valence-corrected chi connectivity index (χ0v) is 13.9. The van der Waals surface area contributed by atoms with Crippen LogP contribution in [0.15, 0.2) is 18.2 Å². The van der Waals surface area contributed by atoms with E-state index >= 15 is 0 Å². The van der Waals surface area contributed by atoms with Crippen LogP contribution in [0.3, 0.4) is 0 Å². The molecule has 2 nitrogen and oxygen atoms in total. The Morgan fingerprint density at radius 3 is 2.20 bits per heavy atom. The average molecular weight is 399 g/mol. The van der Waals surface area contributed by atoms with Crippen molar-refractivity contribution >= 4 is 28.5 Å². The Bertz CT molecular complexity index is 506. The zero-order chi connectivity index (χ0) is 15.7. The van der Waals surface area contributed by atoms with E-state index in [0.717, 1.165) is 16.1 Å². The van der Waals surface area contributed by atoms with Crippen molar-refractivity contribution in [3.05, 3.63) is 32.9 Å². The van der Waals surface area contributed by atoms with Crippen LogP contribution < -0.4 is 5.32 Å². The molecule has 1 N–H and O–H groups in total. The molecule has 1 aromatic rings. The molecule has 0 saturated heterocycles. The number of amides is 1. The van der Waals surface area contributed by atoms with Gasteiger partial charge in [0.15, 0.2) is 0 Å². The maximum Gasteiger partial charge on any atom is 0.408 e. The highest BCUT2D eigenvalue weighted by molar-refractivity contribution is 14.1. The van der Waals surface area contributed by atoms with E-state index in [1.54, 1.807) is 12.1 Å². The smallest absolute Gasteiger partial charge is 0.341 e. The summed E-state index contributed by atoms with van der Waals surface area (Å²) in [5, 5.41) is 1.97. The van der Waals surface area contributed by atoms with E-state index in [2.05, 4.69) is 22.6 Å². The number of rotatable bonds is 2. The lowest BCUT2D eigenvalue weighted by Crippen LogP contribution is -2.43. The summed E-state index contributed by atoms with van der Waals surface area (Å²) in [5.41, 5.74) is 0.985. The molecule has 6 heteroatoms. The van der Waals surface area contributed by atoms with Crippen LogP contribution in [0.1, 0.15) is 43.6 Å². The number of carbonyl (C=O) groups excluding carboxylic acids is 1. The molecule has 0 fully saturated rings. The van der Waals surface area contributed by atoms with E-state index in [1.807, 2.05) is 32.2 Å². The molecular weight excluding hydrogens is 382 g/mol. The molecular formula is C14H17F3INO. The molecule has 1 rings (SSSR count). The number of alkyl halides is 3. The van der Waals surface area contributed by atoms with Gasteiger partial charge in [0.25, 0.3) is 5.91 Å². The first-order valence-corrected chi connectivity index (χ1v) is 7.18. The molecule has 0 aromatic heterocycles. The molecule has 0 saturated carbocycles. The summed E-state index contributed by atoms with van der Waals surface area (Å²) in [6, 6.07) is 3.27. The Morgan fingerprint density at radius 2 is 1.75 bits per heavy atom. The third kappa shape index (κ3) is 4.64. The fraction of sp³-hybridized carbons (Fsp3) is 0.500. The van der Waals surface area contributed by atoms with Gasteiger partial charge in [-0.25, -0.2) is 0 Å². The van der Waals surface area contributed by atoms with Crippen molar-refractivity contribution in [2.75, 3.05) is 0 Å². The van der Waals surface area contributed by atoms with E-state index in [0.29, 0.717) is 0 Å². The molecule has 0 aliphatic carbocycles. The van der Waals surface area contributed by atoms with Crippen molar-refractivity contribution in [3.63, 3.8) is 0 Å². The maximum atomic E-state index is 12.5. The van der Waals surface area contributed by atoms with Gasteiger partial charge in [-0.05, 0) is 58.7 Å². The van der Waals surface area contributed by atoms with Crippen molar-refractivity contribution < 1.29 is 18.0 Å². The highest BCUT2D eigenvalue weighted by Gasteiger charge is 2.37. The molecule has 0 radical (unpaired) electrons. The van der Waals surface area contributed by atoms with Crippen molar-refractivity contribution in [3.8, 4) is 0 Å². The van der Waals surface area contributed by atoms with Crippen LogP contribution in [0.25, 0.3) is 0 Å². The van der Waals surface area contributed by atoms with Crippen LogP contribution in [-0.4, -0.2) is 18.1 Å². The molecule has 20 heavy (non-hydrogen) atoms. The van der Waals surface area contributed by atoms with Crippen LogP contribution in [0, 0.1) is 3.57 Å². The van der Waals surface area contributed by atoms with Crippen LogP contribution in [0.4, 0.5) is 13.2 Å². The monoisotopic (exact) mass is 399 g/mol. The number of halogens is 4. The van der Waals surface area contributed by atoms with Crippen molar-refractivity contribution in [1.29, 1.82) is 0 Å².